The molecule has 0 spiro atoms. The van der Waals surface area contributed by atoms with Gasteiger partial charge in [-0.05, 0) is 49.4 Å². The van der Waals surface area contributed by atoms with Crippen LogP contribution in [0.5, 0.6) is 5.75 Å². The van der Waals surface area contributed by atoms with E-state index in [1.807, 2.05) is 63.2 Å². The molecule has 25 heavy (non-hydrogen) atoms. The molecule has 2 aromatic carbocycles. The van der Waals surface area contributed by atoms with E-state index in [1.165, 1.54) is 0 Å². The maximum Gasteiger partial charge on any atom is 0.310 e. The zero-order valence-electron chi connectivity index (χ0n) is 15.8. The van der Waals surface area contributed by atoms with Crippen molar-refractivity contribution in [2.45, 2.75) is 59.2 Å². The van der Waals surface area contributed by atoms with Gasteiger partial charge in [0.05, 0.1) is 6.42 Å². The number of rotatable bonds is 6. The van der Waals surface area contributed by atoms with Gasteiger partial charge < -0.3 is 9.47 Å². The highest BCUT2D eigenvalue weighted by Crippen LogP contribution is 2.29. The number of carbonyl (C=O) groups is 1. The summed E-state index contributed by atoms with van der Waals surface area (Å²) < 4.78 is 11.4. The van der Waals surface area contributed by atoms with Crippen molar-refractivity contribution in [3.05, 3.63) is 65.2 Å². The molecule has 0 radical (unpaired) electrons. The molecule has 0 heterocycles. The SMILES string of the molecule is CC(C)c1cc(CC(=O)OC(C)(C)C)ccc1OCc1ccccc1. The van der Waals surface area contributed by atoms with Crippen molar-refractivity contribution in [1.29, 1.82) is 0 Å². The normalized spacial score (nSPS) is 11.4. The van der Waals surface area contributed by atoms with Crippen LogP contribution in [-0.4, -0.2) is 11.6 Å². The molecule has 0 aliphatic rings. The average molecular weight is 340 g/mol. The van der Waals surface area contributed by atoms with Gasteiger partial charge in [0.25, 0.3) is 0 Å². The van der Waals surface area contributed by atoms with Crippen LogP contribution in [0.25, 0.3) is 0 Å². The predicted molar refractivity (Wildman–Crippen MR) is 101 cm³/mol. The summed E-state index contributed by atoms with van der Waals surface area (Å²) in [7, 11) is 0. The summed E-state index contributed by atoms with van der Waals surface area (Å²) >= 11 is 0. The summed E-state index contributed by atoms with van der Waals surface area (Å²) in [6.45, 7) is 10.4. The first-order valence-electron chi connectivity index (χ1n) is 8.76. The average Bonchev–Trinajstić information content (AvgIpc) is 2.52. The van der Waals surface area contributed by atoms with Gasteiger partial charge in [-0.2, -0.15) is 0 Å². The molecule has 0 bridgehead atoms. The molecule has 134 valence electrons. The lowest BCUT2D eigenvalue weighted by Crippen LogP contribution is -2.24. The summed E-state index contributed by atoms with van der Waals surface area (Å²) in [5, 5.41) is 0. The van der Waals surface area contributed by atoms with Gasteiger partial charge in [0.2, 0.25) is 0 Å². The molecule has 0 unspecified atom stereocenters. The molecule has 3 nitrogen and oxygen atoms in total. The van der Waals surface area contributed by atoms with Crippen LogP contribution in [-0.2, 0) is 22.6 Å². The first kappa shape index (κ1) is 19.0. The van der Waals surface area contributed by atoms with Gasteiger partial charge in [0, 0.05) is 0 Å². The van der Waals surface area contributed by atoms with Gasteiger partial charge in [0.1, 0.15) is 18.0 Å². The first-order chi connectivity index (χ1) is 11.7. The van der Waals surface area contributed by atoms with E-state index in [2.05, 4.69) is 19.9 Å². The Labute approximate surface area is 151 Å². The van der Waals surface area contributed by atoms with E-state index in [1.54, 1.807) is 0 Å². The Bertz CT molecular complexity index is 697. The molecule has 0 amide bonds. The molecule has 0 saturated carbocycles. The number of hydrogen-bond acceptors (Lipinski definition) is 3. The second-order valence-electron chi connectivity index (χ2n) is 7.56. The summed E-state index contributed by atoms with van der Waals surface area (Å²) in [4.78, 5) is 12.1. The minimum Gasteiger partial charge on any atom is -0.489 e. The van der Waals surface area contributed by atoms with E-state index in [-0.39, 0.29) is 12.4 Å². The molecule has 2 aromatic rings. The van der Waals surface area contributed by atoms with Crippen LogP contribution in [0.1, 0.15) is 57.2 Å². The standard InChI is InChI=1S/C22H28O3/c1-16(2)19-13-18(14-21(23)25-22(3,4)5)11-12-20(19)24-15-17-9-7-6-8-10-17/h6-13,16H,14-15H2,1-5H3. The minimum absolute atomic E-state index is 0.208. The molecule has 0 aromatic heterocycles. The number of benzene rings is 2. The van der Waals surface area contributed by atoms with Crippen LogP contribution in [0.4, 0.5) is 0 Å². The Kier molecular flexibility index (Phi) is 6.24. The lowest BCUT2D eigenvalue weighted by molar-refractivity contribution is -0.153. The van der Waals surface area contributed by atoms with Gasteiger partial charge in [0.15, 0.2) is 0 Å². The van der Waals surface area contributed by atoms with Crippen molar-refractivity contribution in [2.75, 3.05) is 0 Å². The van der Waals surface area contributed by atoms with Crippen LogP contribution in [0.15, 0.2) is 48.5 Å². The third-order valence-electron chi connectivity index (χ3n) is 3.70. The quantitative estimate of drug-likeness (QED) is 0.672. The van der Waals surface area contributed by atoms with E-state index < -0.39 is 5.60 Å². The Hall–Kier alpha value is -2.29. The Morgan fingerprint density at radius 1 is 1.00 bits per heavy atom. The van der Waals surface area contributed by atoms with Crippen molar-refractivity contribution < 1.29 is 14.3 Å². The van der Waals surface area contributed by atoms with Crippen LogP contribution in [0, 0.1) is 0 Å². The van der Waals surface area contributed by atoms with Gasteiger partial charge in [-0.25, -0.2) is 0 Å². The molecule has 2 rings (SSSR count). The van der Waals surface area contributed by atoms with E-state index in [0.29, 0.717) is 12.5 Å². The largest absolute Gasteiger partial charge is 0.489 e. The fourth-order valence-corrected chi connectivity index (χ4v) is 2.57. The fourth-order valence-electron chi connectivity index (χ4n) is 2.57. The van der Waals surface area contributed by atoms with Crippen molar-refractivity contribution >= 4 is 5.97 Å². The molecular formula is C22H28O3. The molecule has 0 saturated heterocycles. The number of esters is 1. The first-order valence-corrected chi connectivity index (χ1v) is 8.76. The topological polar surface area (TPSA) is 35.5 Å². The van der Waals surface area contributed by atoms with Crippen LogP contribution >= 0.6 is 0 Å². The predicted octanol–water partition coefficient (Wildman–Crippen LogP) is 5.27. The molecule has 3 heteroatoms. The van der Waals surface area contributed by atoms with Crippen molar-refractivity contribution in [2.24, 2.45) is 0 Å². The lowest BCUT2D eigenvalue weighted by atomic mass is 9.98. The second kappa shape index (κ2) is 8.19. The van der Waals surface area contributed by atoms with E-state index in [4.69, 9.17) is 9.47 Å². The van der Waals surface area contributed by atoms with Crippen LogP contribution in [0.2, 0.25) is 0 Å². The molecule has 0 atom stereocenters. The maximum absolute atomic E-state index is 12.1. The van der Waals surface area contributed by atoms with E-state index >= 15 is 0 Å². The highest BCUT2D eigenvalue weighted by molar-refractivity contribution is 5.73. The third-order valence-corrected chi connectivity index (χ3v) is 3.70. The summed E-state index contributed by atoms with van der Waals surface area (Å²) in [5.41, 5.74) is 2.73. The minimum atomic E-state index is -0.462. The summed E-state index contributed by atoms with van der Waals surface area (Å²) in [5.74, 6) is 0.969. The van der Waals surface area contributed by atoms with E-state index in [0.717, 1.165) is 22.4 Å². The van der Waals surface area contributed by atoms with Crippen LogP contribution < -0.4 is 4.74 Å². The van der Waals surface area contributed by atoms with Crippen LogP contribution in [0.3, 0.4) is 0 Å². The fraction of sp³-hybridized carbons (Fsp3) is 0.409. The monoisotopic (exact) mass is 340 g/mol. The summed E-state index contributed by atoms with van der Waals surface area (Å²) in [6, 6.07) is 16.0. The highest BCUT2D eigenvalue weighted by Gasteiger charge is 2.17. The molecule has 0 fully saturated rings. The highest BCUT2D eigenvalue weighted by atomic mass is 16.6. The van der Waals surface area contributed by atoms with Gasteiger partial charge in [-0.15, -0.1) is 0 Å². The molecule has 0 N–H and O–H groups in total. The van der Waals surface area contributed by atoms with E-state index in [9.17, 15) is 4.79 Å². The number of hydrogen-bond donors (Lipinski definition) is 0. The maximum atomic E-state index is 12.1. The Balaban J connectivity index is 2.10. The van der Waals surface area contributed by atoms with Crippen molar-refractivity contribution in [3.63, 3.8) is 0 Å². The zero-order chi connectivity index (χ0) is 18.4. The molecular weight excluding hydrogens is 312 g/mol. The molecule has 0 aliphatic carbocycles. The lowest BCUT2D eigenvalue weighted by Gasteiger charge is -2.20. The zero-order valence-corrected chi connectivity index (χ0v) is 15.8. The number of carbonyl (C=O) groups excluding carboxylic acids is 1. The van der Waals surface area contributed by atoms with Gasteiger partial charge in [-0.1, -0.05) is 56.3 Å². The van der Waals surface area contributed by atoms with Crippen molar-refractivity contribution in [3.8, 4) is 5.75 Å². The smallest absolute Gasteiger partial charge is 0.310 e. The second-order valence-corrected chi connectivity index (χ2v) is 7.56. The molecule has 0 aliphatic heterocycles. The number of ether oxygens (including phenoxy) is 2. The third kappa shape index (κ3) is 6.26. The van der Waals surface area contributed by atoms with Gasteiger partial charge in [-0.3, -0.25) is 4.79 Å². The Morgan fingerprint density at radius 2 is 1.68 bits per heavy atom. The Morgan fingerprint density at radius 3 is 2.28 bits per heavy atom. The summed E-state index contributed by atoms with van der Waals surface area (Å²) in [6.07, 6.45) is 0.274. The van der Waals surface area contributed by atoms with Gasteiger partial charge >= 0.3 is 5.97 Å². The van der Waals surface area contributed by atoms with Crippen molar-refractivity contribution in [1.82, 2.24) is 0 Å².